The molecule has 0 aromatic rings. The van der Waals surface area contributed by atoms with Crippen LogP contribution in [0, 0.1) is 0 Å². The topological polar surface area (TPSA) is 64.9 Å². The lowest BCUT2D eigenvalue weighted by Crippen LogP contribution is -2.43. The lowest BCUT2D eigenvalue weighted by atomic mass is 10.3. The summed E-state index contributed by atoms with van der Waals surface area (Å²) in [5.74, 6) is -0.237. The lowest BCUT2D eigenvalue weighted by Gasteiger charge is -2.24. The Morgan fingerprint density at radius 3 is 3.33 bits per heavy atom. The predicted molar refractivity (Wildman–Crippen MR) is 42.7 cm³/mol. The molecule has 0 aromatic carbocycles. The van der Waals surface area contributed by atoms with Crippen molar-refractivity contribution in [1.29, 1.82) is 0 Å². The van der Waals surface area contributed by atoms with Crippen LogP contribution in [-0.4, -0.2) is 41.6 Å². The minimum atomic E-state index is -0.927. The molecule has 0 spiro atoms. The Morgan fingerprint density at radius 2 is 2.58 bits per heavy atom. The first-order chi connectivity index (χ1) is 5.77. The molecule has 2 N–H and O–H groups in total. The summed E-state index contributed by atoms with van der Waals surface area (Å²) in [6.45, 7) is 2.28. The number of guanidine groups is 1. The van der Waals surface area contributed by atoms with E-state index in [9.17, 15) is 4.79 Å². The zero-order valence-corrected chi connectivity index (χ0v) is 6.45. The van der Waals surface area contributed by atoms with Crippen molar-refractivity contribution in [3.05, 3.63) is 11.8 Å². The van der Waals surface area contributed by atoms with Crippen LogP contribution in [0.15, 0.2) is 16.8 Å². The molecule has 2 rings (SSSR count). The normalized spacial score (nSPS) is 20.8. The number of carboxylic acids is 1. The van der Waals surface area contributed by atoms with Crippen molar-refractivity contribution >= 4 is 11.9 Å². The van der Waals surface area contributed by atoms with Gasteiger partial charge in [0.15, 0.2) is 5.96 Å². The van der Waals surface area contributed by atoms with Gasteiger partial charge in [-0.25, -0.2) is 4.79 Å². The highest BCUT2D eigenvalue weighted by Gasteiger charge is 2.23. The number of aliphatic imine (C=N–C) groups is 1. The van der Waals surface area contributed by atoms with Gasteiger partial charge in [-0.3, -0.25) is 4.99 Å². The Balaban J connectivity index is 2.18. The second kappa shape index (κ2) is 2.51. The number of carbonyl (C=O) groups is 1. The predicted octanol–water partition coefficient (Wildman–Crippen LogP) is -0.770. The van der Waals surface area contributed by atoms with E-state index in [0.29, 0.717) is 12.5 Å². The van der Waals surface area contributed by atoms with Gasteiger partial charge in [-0.2, -0.15) is 0 Å². The molecule has 0 fully saturated rings. The monoisotopic (exact) mass is 167 g/mol. The fourth-order valence-electron chi connectivity index (χ4n) is 1.29. The summed E-state index contributed by atoms with van der Waals surface area (Å²) in [5, 5.41) is 11.4. The first kappa shape index (κ1) is 7.15. The van der Waals surface area contributed by atoms with E-state index in [0.717, 1.165) is 13.1 Å². The Labute approximate surface area is 69.4 Å². The number of fused-ring (bicyclic) bond motifs is 1. The van der Waals surface area contributed by atoms with E-state index >= 15 is 0 Å². The van der Waals surface area contributed by atoms with Gasteiger partial charge in [-0.1, -0.05) is 0 Å². The summed E-state index contributed by atoms with van der Waals surface area (Å²) in [6.07, 6.45) is 1.66. The van der Waals surface area contributed by atoms with Crippen molar-refractivity contribution in [1.82, 2.24) is 10.2 Å². The molecule has 2 heterocycles. The number of rotatable bonds is 1. The Bertz CT molecular complexity index is 282. The molecule has 0 aliphatic carbocycles. The third-order valence-corrected chi connectivity index (χ3v) is 1.92. The highest BCUT2D eigenvalue weighted by atomic mass is 16.4. The van der Waals surface area contributed by atoms with Gasteiger partial charge in [0.1, 0.15) is 5.70 Å². The van der Waals surface area contributed by atoms with Crippen molar-refractivity contribution in [3.63, 3.8) is 0 Å². The number of aliphatic carboxylic acids is 1. The van der Waals surface area contributed by atoms with E-state index in [1.807, 2.05) is 4.90 Å². The number of nitrogens with one attached hydrogen (secondary N) is 1. The van der Waals surface area contributed by atoms with Crippen LogP contribution in [0.2, 0.25) is 0 Å². The molecule has 64 valence electrons. The summed E-state index contributed by atoms with van der Waals surface area (Å²) in [5.41, 5.74) is 0.229. The van der Waals surface area contributed by atoms with Crippen LogP contribution in [0.4, 0.5) is 0 Å². The molecule has 0 bridgehead atoms. The van der Waals surface area contributed by atoms with Crippen LogP contribution in [0.1, 0.15) is 0 Å². The van der Waals surface area contributed by atoms with Crippen molar-refractivity contribution in [2.45, 2.75) is 0 Å². The quantitative estimate of drug-likeness (QED) is 0.538. The maximum Gasteiger partial charge on any atom is 0.352 e. The number of hydrogen-bond acceptors (Lipinski definition) is 4. The fraction of sp³-hybridized carbons (Fsp3) is 0.429. The molecule has 0 saturated carbocycles. The van der Waals surface area contributed by atoms with Gasteiger partial charge >= 0.3 is 5.97 Å². The molecule has 0 amide bonds. The molecule has 2 aliphatic rings. The zero-order chi connectivity index (χ0) is 8.55. The van der Waals surface area contributed by atoms with Gasteiger partial charge in [0.25, 0.3) is 0 Å². The van der Waals surface area contributed by atoms with Gasteiger partial charge in [0.2, 0.25) is 0 Å². The number of carboxylic acid groups (broad SMARTS) is 1. The minimum absolute atomic E-state index is 0.229. The van der Waals surface area contributed by atoms with Crippen LogP contribution in [-0.2, 0) is 4.79 Å². The molecule has 0 radical (unpaired) electrons. The van der Waals surface area contributed by atoms with Crippen molar-refractivity contribution in [3.8, 4) is 0 Å². The second-order valence-corrected chi connectivity index (χ2v) is 2.70. The lowest BCUT2D eigenvalue weighted by molar-refractivity contribution is -0.133. The smallest absolute Gasteiger partial charge is 0.352 e. The first-order valence-electron chi connectivity index (χ1n) is 3.77. The first-order valence-corrected chi connectivity index (χ1v) is 3.77. The van der Waals surface area contributed by atoms with E-state index in [2.05, 4.69) is 10.3 Å². The summed E-state index contributed by atoms with van der Waals surface area (Å²) < 4.78 is 0. The summed E-state index contributed by atoms with van der Waals surface area (Å²) in [4.78, 5) is 16.7. The van der Waals surface area contributed by atoms with E-state index < -0.39 is 5.97 Å². The van der Waals surface area contributed by atoms with E-state index in [-0.39, 0.29) is 5.70 Å². The van der Waals surface area contributed by atoms with Gasteiger partial charge < -0.3 is 15.3 Å². The third-order valence-electron chi connectivity index (χ3n) is 1.92. The molecule has 0 unspecified atom stereocenters. The van der Waals surface area contributed by atoms with Gasteiger partial charge in [0.05, 0.1) is 6.54 Å². The fourth-order valence-corrected chi connectivity index (χ4v) is 1.29. The molecule has 2 aliphatic heterocycles. The number of nitrogens with zero attached hydrogens (tertiary/aromatic N) is 2. The Kier molecular flexibility index (Phi) is 1.49. The Hall–Kier alpha value is -1.52. The zero-order valence-electron chi connectivity index (χ0n) is 6.45. The molecule has 5 nitrogen and oxygen atoms in total. The van der Waals surface area contributed by atoms with E-state index in [4.69, 9.17) is 5.11 Å². The molecular formula is C7H9N3O2. The van der Waals surface area contributed by atoms with Gasteiger partial charge in [0, 0.05) is 13.1 Å². The van der Waals surface area contributed by atoms with Crippen LogP contribution < -0.4 is 5.32 Å². The van der Waals surface area contributed by atoms with Gasteiger partial charge in [-0.05, 0) is 6.08 Å². The average molecular weight is 167 g/mol. The van der Waals surface area contributed by atoms with Crippen LogP contribution >= 0.6 is 0 Å². The molecule has 0 saturated heterocycles. The van der Waals surface area contributed by atoms with Crippen LogP contribution in [0.5, 0.6) is 0 Å². The second-order valence-electron chi connectivity index (χ2n) is 2.70. The molecular weight excluding hydrogens is 158 g/mol. The average Bonchev–Trinajstić information content (AvgIpc) is 2.49. The summed E-state index contributed by atoms with van der Waals surface area (Å²) in [7, 11) is 0. The van der Waals surface area contributed by atoms with Crippen LogP contribution in [0.3, 0.4) is 0 Å². The molecule has 5 heteroatoms. The number of hydrogen-bond donors (Lipinski definition) is 2. The largest absolute Gasteiger partial charge is 0.477 e. The summed E-state index contributed by atoms with van der Waals surface area (Å²) in [6, 6.07) is 0. The van der Waals surface area contributed by atoms with Crippen molar-refractivity contribution in [2.75, 3.05) is 19.6 Å². The highest BCUT2D eigenvalue weighted by Crippen LogP contribution is 2.07. The maximum absolute atomic E-state index is 10.5. The SMILES string of the molecule is O=C(O)C1=CCN2CCN=C2N1. The Morgan fingerprint density at radius 1 is 1.75 bits per heavy atom. The minimum Gasteiger partial charge on any atom is -0.477 e. The third kappa shape index (κ3) is 1.03. The van der Waals surface area contributed by atoms with Gasteiger partial charge in [-0.15, -0.1) is 0 Å². The molecule has 0 atom stereocenters. The highest BCUT2D eigenvalue weighted by molar-refractivity contribution is 5.95. The van der Waals surface area contributed by atoms with Crippen LogP contribution in [0.25, 0.3) is 0 Å². The summed E-state index contributed by atoms with van der Waals surface area (Å²) >= 11 is 0. The maximum atomic E-state index is 10.5. The van der Waals surface area contributed by atoms with E-state index in [1.54, 1.807) is 6.08 Å². The van der Waals surface area contributed by atoms with Crippen molar-refractivity contribution < 1.29 is 9.90 Å². The van der Waals surface area contributed by atoms with E-state index in [1.165, 1.54) is 0 Å². The molecule has 0 aromatic heterocycles. The van der Waals surface area contributed by atoms with Crippen molar-refractivity contribution in [2.24, 2.45) is 4.99 Å². The molecule has 12 heavy (non-hydrogen) atoms. The standard InChI is InChI=1S/C7H9N3O2/c11-6(12)5-1-3-10-4-2-8-7(10)9-5/h1H,2-4H2,(H,8,9)(H,11,12).